The average Bonchev–Trinajstić information content (AvgIpc) is 2.53. The van der Waals surface area contributed by atoms with Crippen LogP contribution in [-0.2, 0) is 7.05 Å². The Hall–Kier alpha value is -1.70. The summed E-state index contributed by atoms with van der Waals surface area (Å²) in [6.45, 7) is 0. The van der Waals surface area contributed by atoms with E-state index in [0.717, 1.165) is 11.3 Å². The second-order valence-electron chi connectivity index (χ2n) is 3.15. The lowest BCUT2D eigenvalue weighted by atomic mass is 10.1. The highest BCUT2D eigenvalue weighted by Crippen LogP contribution is 2.24. The van der Waals surface area contributed by atoms with Gasteiger partial charge in [-0.25, -0.2) is 0 Å². The maximum Gasteiger partial charge on any atom is 0.0394 e. The van der Waals surface area contributed by atoms with Gasteiger partial charge >= 0.3 is 0 Å². The number of para-hydroxylation sites is 1. The Morgan fingerprint density at radius 1 is 1.15 bits per heavy atom. The molecule has 2 rings (SSSR count). The van der Waals surface area contributed by atoms with Crippen LogP contribution in [0.4, 0.5) is 5.69 Å². The third kappa shape index (κ3) is 1.43. The summed E-state index contributed by atoms with van der Waals surface area (Å²) in [5, 5.41) is 0. The lowest BCUT2D eigenvalue weighted by Crippen LogP contribution is -1.87. The predicted molar refractivity (Wildman–Crippen MR) is 55.3 cm³/mol. The molecule has 66 valence electrons. The highest BCUT2D eigenvalue weighted by atomic mass is 14.9. The van der Waals surface area contributed by atoms with Gasteiger partial charge < -0.3 is 10.3 Å². The minimum atomic E-state index is 0.828. The molecule has 0 unspecified atom stereocenters. The van der Waals surface area contributed by atoms with Crippen molar-refractivity contribution < 1.29 is 0 Å². The van der Waals surface area contributed by atoms with Gasteiger partial charge in [-0.3, -0.25) is 0 Å². The van der Waals surface area contributed by atoms with Gasteiger partial charge in [0.2, 0.25) is 0 Å². The third-order valence-electron chi connectivity index (χ3n) is 2.10. The predicted octanol–water partition coefficient (Wildman–Crippen LogP) is 2.27. The zero-order valence-electron chi connectivity index (χ0n) is 7.57. The van der Waals surface area contributed by atoms with E-state index >= 15 is 0 Å². The lowest BCUT2D eigenvalue weighted by Gasteiger charge is -2.01. The van der Waals surface area contributed by atoms with E-state index in [2.05, 4.69) is 12.3 Å². The van der Waals surface area contributed by atoms with Crippen molar-refractivity contribution in [3.8, 4) is 11.1 Å². The molecule has 0 aliphatic heterocycles. The summed E-state index contributed by atoms with van der Waals surface area (Å²) >= 11 is 0. The van der Waals surface area contributed by atoms with E-state index in [-0.39, 0.29) is 0 Å². The molecule has 1 aromatic carbocycles. The molecule has 0 amide bonds. The topological polar surface area (TPSA) is 30.9 Å². The van der Waals surface area contributed by atoms with Crippen molar-refractivity contribution >= 4 is 5.69 Å². The van der Waals surface area contributed by atoms with Crippen molar-refractivity contribution in [2.24, 2.45) is 7.05 Å². The fourth-order valence-corrected chi connectivity index (χ4v) is 1.42. The van der Waals surface area contributed by atoms with Crippen molar-refractivity contribution in [2.75, 3.05) is 5.73 Å². The summed E-state index contributed by atoms with van der Waals surface area (Å²) in [4.78, 5) is 0. The average molecular weight is 172 g/mol. The van der Waals surface area contributed by atoms with Crippen molar-refractivity contribution in [1.82, 2.24) is 4.57 Å². The van der Waals surface area contributed by atoms with E-state index in [4.69, 9.17) is 5.73 Å². The first-order valence-electron chi connectivity index (χ1n) is 4.24. The second-order valence-corrected chi connectivity index (χ2v) is 3.15. The monoisotopic (exact) mass is 172 g/mol. The molecular formula is C11H12N2. The summed E-state index contributed by atoms with van der Waals surface area (Å²) in [6, 6.07) is 9.96. The molecule has 0 radical (unpaired) electrons. The molecule has 0 aliphatic rings. The van der Waals surface area contributed by atoms with Crippen molar-refractivity contribution in [2.45, 2.75) is 0 Å². The van der Waals surface area contributed by atoms with E-state index in [9.17, 15) is 0 Å². The summed E-state index contributed by atoms with van der Waals surface area (Å²) in [7, 11) is 2.00. The van der Waals surface area contributed by atoms with E-state index in [0.29, 0.717) is 0 Å². The van der Waals surface area contributed by atoms with Crippen molar-refractivity contribution in [3.63, 3.8) is 0 Å². The molecule has 0 spiro atoms. The van der Waals surface area contributed by atoms with E-state index in [1.807, 2.05) is 42.1 Å². The first-order chi connectivity index (χ1) is 6.27. The number of benzene rings is 1. The summed E-state index contributed by atoms with van der Waals surface area (Å²) in [6.07, 6.45) is 4.08. The Morgan fingerprint density at radius 3 is 2.54 bits per heavy atom. The smallest absolute Gasteiger partial charge is 0.0394 e. The number of hydrogen-bond acceptors (Lipinski definition) is 1. The first-order valence-corrected chi connectivity index (χ1v) is 4.24. The minimum Gasteiger partial charge on any atom is -0.398 e. The van der Waals surface area contributed by atoms with Crippen LogP contribution in [0.2, 0.25) is 0 Å². The molecular weight excluding hydrogens is 160 g/mol. The van der Waals surface area contributed by atoms with Gasteiger partial charge in [-0.1, -0.05) is 18.2 Å². The van der Waals surface area contributed by atoms with Gasteiger partial charge in [0.25, 0.3) is 0 Å². The van der Waals surface area contributed by atoms with Crippen LogP contribution in [0.5, 0.6) is 0 Å². The summed E-state index contributed by atoms with van der Waals surface area (Å²) in [5.74, 6) is 0. The Morgan fingerprint density at radius 2 is 1.92 bits per heavy atom. The molecule has 2 heteroatoms. The Labute approximate surface area is 77.6 Å². The number of aromatic nitrogens is 1. The Kier molecular flexibility index (Phi) is 1.81. The van der Waals surface area contributed by atoms with Gasteiger partial charge in [0.1, 0.15) is 0 Å². The lowest BCUT2D eigenvalue weighted by molar-refractivity contribution is 0.928. The van der Waals surface area contributed by atoms with E-state index in [1.54, 1.807) is 0 Å². The molecule has 1 heterocycles. The van der Waals surface area contributed by atoms with Crippen LogP contribution in [0.1, 0.15) is 0 Å². The van der Waals surface area contributed by atoms with Crippen LogP contribution in [0.15, 0.2) is 42.7 Å². The number of aryl methyl sites for hydroxylation is 1. The molecule has 0 fully saturated rings. The standard InChI is InChI=1S/C11H12N2/c1-13-7-6-9(8-13)10-4-2-3-5-11(10)12/h2-8H,12H2,1H3. The highest BCUT2D eigenvalue weighted by Gasteiger charge is 2.01. The van der Waals surface area contributed by atoms with Gasteiger partial charge in [-0.05, 0) is 12.1 Å². The van der Waals surface area contributed by atoms with E-state index < -0.39 is 0 Å². The van der Waals surface area contributed by atoms with Crippen LogP contribution in [0.3, 0.4) is 0 Å². The number of anilines is 1. The van der Waals surface area contributed by atoms with Crippen molar-refractivity contribution in [3.05, 3.63) is 42.7 Å². The number of hydrogen-bond donors (Lipinski definition) is 1. The molecule has 2 aromatic rings. The summed E-state index contributed by atoms with van der Waals surface area (Å²) in [5.41, 5.74) is 8.95. The summed E-state index contributed by atoms with van der Waals surface area (Å²) < 4.78 is 2.02. The Bertz CT molecular complexity index is 416. The molecule has 0 bridgehead atoms. The molecule has 2 nitrogen and oxygen atoms in total. The third-order valence-corrected chi connectivity index (χ3v) is 2.10. The van der Waals surface area contributed by atoms with E-state index in [1.165, 1.54) is 5.56 Å². The minimum absolute atomic E-state index is 0.828. The van der Waals surface area contributed by atoms with Gasteiger partial charge in [-0.15, -0.1) is 0 Å². The molecule has 0 saturated heterocycles. The van der Waals surface area contributed by atoms with Gasteiger partial charge in [0.05, 0.1) is 0 Å². The quantitative estimate of drug-likeness (QED) is 0.657. The maximum absolute atomic E-state index is 5.85. The highest BCUT2D eigenvalue weighted by molar-refractivity contribution is 5.75. The van der Waals surface area contributed by atoms with Gasteiger partial charge in [0.15, 0.2) is 0 Å². The molecule has 2 N–H and O–H groups in total. The van der Waals surface area contributed by atoms with Crippen LogP contribution in [0.25, 0.3) is 11.1 Å². The first kappa shape index (κ1) is 7.92. The molecule has 13 heavy (non-hydrogen) atoms. The van der Waals surface area contributed by atoms with Gasteiger partial charge in [-0.2, -0.15) is 0 Å². The van der Waals surface area contributed by atoms with Crippen LogP contribution < -0.4 is 5.73 Å². The molecule has 0 saturated carbocycles. The van der Waals surface area contributed by atoms with Crippen LogP contribution >= 0.6 is 0 Å². The van der Waals surface area contributed by atoms with Crippen molar-refractivity contribution in [1.29, 1.82) is 0 Å². The SMILES string of the molecule is Cn1ccc(-c2ccccc2N)c1. The zero-order chi connectivity index (χ0) is 9.26. The second kappa shape index (κ2) is 2.98. The fraction of sp³-hybridized carbons (Fsp3) is 0.0909. The number of rotatable bonds is 1. The van der Waals surface area contributed by atoms with Crippen LogP contribution in [-0.4, -0.2) is 4.57 Å². The number of nitrogens with zero attached hydrogens (tertiary/aromatic N) is 1. The van der Waals surface area contributed by atoms with Gasteiger partial charge in [0, 0.05) is 36.3 Å². The van der Waals surface area contributed by atoms with Crippen LogP contribution in [0, 0.1) is 0 Å². The molecule has 0 aliphatic carbocycles. The molecule has 1 aromatic heterocycles. The fourth-order valence-electron chi connectivity index (χ4n) is 1.42. The number of nitrogen functional groups attached to an aromatic ring is 1. The largest absolute Gasteiger partial charge is 0.398 e. The number of nitrogens with two attached hydrogens (primary N) is 1. The normalized spacial score (nSPS) is 10.2. The Balaban J connectivity index is 2.52. The zero-order valence-corrected chi connectivity index (χ0v) is 7.57. The maximum atomic E-state index is 5.85. The molecule has 0 atom stereocenters.